The van der Waals surface area contributed by atoms with E-state index in [1.165, 1.54) is 0 Å². The molecule has 1 aromatic carbocycles. The second-order valence-electron chi connectivity index (χ2n) is 3.81. The van der Waals surface area contributed by atoms with Gasteiger partial charge in [0, 0.05) is 25.8 Å². The first-order valence-corrected chi connectivity index (χ1v) is 5.91. The van der Waals surface area contributed by atoms with Crippen molar-refractivity contribution < 1.29 is 9.90 Å². The molecule has 94 valence electrons. The van der Waals surface area contributed by atoms with Gasteiger partial charge in [-0.2, -0.15) is 0 Å². The highest BCUT2D eigenvalue weighted by molar-refractivity contribution is 5.99. The van der Waals surface area contributed by atoms with E-state index in [1.54, 1.807) is 18.0 Å². The fourth-order valence-corrected chi connectivity index (χ4v) is 1.76. The van der Waals surface area contributed by atoms with E-state index in [1.807, 2.05) is 25.1 Å². The van der Waals surface area contributed by atoms with E-state index < -0.39 is 0 Å². The first-order valence-electron chi connectivity index (χ1n) is 5.91. The van der Waals surface area contributed by atoms with Crippen molar-refractivity contribution in [2.24, 2.45) is 0 Å². The number of carbonyl (C=O) groups is 1. The van der Waals surface area contributed by atoms with E-state index in [0.29, 0.717) is 18.7 Å². The van der Waals surface area contributed by atoms with Crippen molar-refractivity contribution in [1.29, 1.82) is 0 Å². The third-order valence-electron chi connectivity index (χ3n) is 2.58. The third kappa shape index (κ3) is 3.46. The van der Waals surface area contributed by atoms with Gasteiger partial charge < -0.3 is 15.3 Å². The number of rotatable bonds is 6. The molecule has 4 nitrogen and oxygen atoms in total. The number of hydrogen-bond donors (Lipinski definition) is 2. The molecule has 0 radical (unpaired) electrons. The number of hydrogen-bond acceptors (Lipinski definition) is 3. The number of benzene rings is 1. The number of nitrogens with zero attached hydrogens (tertiary/aromatic N) is 1. The SMILES string of the molecule is CCCN(CCO)C(=O)c1ccccc1NC. The highest BCUT2D eigenvalue weighted by Crippen LogP contribution is 2.16. The average Bonchev–Trinajstić information content (AvgIpc) is 2.37. The van der Waals surface area contributed by atoms with Crippen molar-refractivity contribution >= 4 is 11.6 Å². The van der Waals surface area contributed by atoms with E-state index >= 15 is 0 Å². The van der Waals surface area contributed by atoms with Gasteiger partial charge in [-0.15, -0.1) is 0 Å². The Bertz CT molecular complexity index is 360. The molecule has 0 aliphatic carbocycles. The molecule has 1 rings (SSSR count). The summed E-state index contributed by atoms with van der Waals surface area (Å²) in [6.45, 7) is 3.05. The Morgan fingerprint density at radius 3 is 2.65 bits per heavy atom. The van der Waals surface area contributed by atoms with Gasteiger partial charge in [0.2, 0.25) is 0 Å². The molecule has 0 saturated heterocycles. The number of carbonyl (C=O) groups excluding carboxylic acids is 1. The highest BCUT2D eigenvalue weighted by Gasteiger charge is 2.16. The zero-order valence-corrected chi connectivity index (χ0v) is 10.4. The maximum Gasteiger partial charge on any atom is 0.256 e. The summed E-state index contributed by atoms with van der Waals surface area (Å²) in [4.78, 5) is 14.0. The van der Waals surface area contributed by atoms with Crippen LogP contribution >= 0.6 is 0 Å². The Kier molecular flexibility index (Phi) is 5.49. The van der Waals surface area contributed by atoms with Gasteiger partial charge in [0.05, 0.1) is 12.2 Å². The largest absolute Gasteiger partial charge is 0.395 e. The number of amides is 1. The minimum absolute atomic E-state index is 0.00649. The molecule has 0 saturated carbocycles. The van der Waals surface area contributed by atoms with Crippen LogP contribution in [0.15, 0.2) is 24.3 Å². The molecule has 1 amide bonds. The summed E-state index contributed by atoms with van der Waals surface area (Å²) in [5.74, 6) is -0.0362. The van der Waals surface area contributed by atoms with Crippen LogP contribution in [0.25, 0.3) is 0 Å². The van der Waals surface area contributed by atoms with Crippen molar-refractivity contribution in [2.45, 2.75) is 13.3 Å². The fourth-order valence-electron chi connectivity index (χ4n) is 1.76. The van der Waals surface area contributed by atoms with Crippen LogP contribution in [0.3, 0.4) is 0 Å². The lowest BCUT2D eigenvalue weighted by Crippen LogP contribution is -2.34. The molecule has 0 unspecified atom stereocenters. The molecular weight excluding hydrogens is 216 g/mol. The molecule has 17 heavy (non-hydrogen) atoms. The Labute approximate surface area is 102 Å². The lowest BCUT2D eigenvalue weighted by Gasteiger charge is -2.22. The van der Waals surface area contributed by atoms with Crippen LogP contribution in [0.2, 0.25) is 0 Å². The first kappa shape index (κ1) is 13.5. The monoisotopic (exact) mass is 236 g/mol. The van der Waals surface area contributed by atoms with Crippen LogP contribution in [-0.2, 0) is 0 Å². The predicted molar refractivity (Wildman–Crippen MR) is 69.3 cm³/mol. The van der Waals surface area contributed by atoms with Crippen molar-refractivity contribution in [3.05, 3.63) is 29.8 Å². The second-order valence-corrected chi connectivity index (χ2v) is 3.81. The van der Waals surface area contributed by atoms with Gasteiger partial charge in [0.1, 0.15) is 0 Å². The van der Waals surface area contributed by atoms with Crippen LogP contribution in [0.1, 0.15) is 23.7 Å². The van der Waals surface area contributed by atoms with E-state index in [2.05, 4.69) is 5.32 Å². The van der Waals surface area contributed by atoms with E-state index in [0.717, 1.165) is 12.1 Å². The average molecular weight is 236 g/mol. The molecule has 0 fully saturated rings. The number of aliphatic hydroxyl groups excluding tert-OH is 1. The van der Waals surface area contributed by atoms with Gasteiger partial charge in [0.25, 0.3) is 5.91 Å². The molecule has 0 atom stereocenters. The molecule has 0 aliphatic rings. The summed E-state index contributed by atoms with van der Waals surface area (Å²) in [6.07, 6.45) is 0.882. The highest BCUT2D eigenvalue weighted by atomic mass is 16.3. The number of aliphatic hydroxyl groups is 1. The van der Waals surface area contributed by atoms with Crippen molar-refractivity contribution in [3.8, 4) is 0 Å². The van der Waals surface area contributed by atoms with Crippen LogP contribution in [0, 0.1) is 0 Å². The molecule has 0 spiro atoms. The molecule has 4 heteroatoms. The minimum atomic E-state index is -0.0362. The topological polar surface area (TPSA) is 52.6 Å². The van der Waals surface area contributed by atoms with E-state index in [9.17, 15) is 4.79 Å². The molecule has 1 aromatic rings. The Balaban J connectivity index is 2.92. The van der Waals surface area contributed by atoms with Crippen LogP contribution in [0.5, 0.6) is 0 Å². The van der Waals surface area contributed by atoms with Crippen LogP contribution in [-0.4, -0.2) is 42.7 Å². The summed E-state index contributed by atoms with van der Waals surface area (Å²) in [5.41, 5.74) is 1.47. The predicted octanol–water partition coefficient (Wildman–Crippen LogP) is 1.57. The van der Waals surface area contributed by atoms with E-state index in [4.69, 9.17) is 5.11 Å². The van der Waals surface area contributed by atoms with Gasteiger partial charge >= 0.3 is 0 Å². The second kappa shape index (κ2) is 6.91. The summed E-state index contributed by atoms with van der Waals surface area (Å²) in [5, 5.41) is 12.0. The van der Waals surface area contributed by atoms with Gasteiger partial charge in [0.15, 0.2) is 0 Å². The molecule has 0 aromatic heterocycles. The zero-order chi connectivity index (χ0) is 12.7. The Morgan fingerprint density at radius 2 is 2.06 bits per heavy atom. The van der Waals surface area contributed by atoms with Crippen molar-refractivity contribution in [3.63, 3.8) is 0 Å². The summed E-state index contributed by atoms with van der Waals surface area (Å²) < 4.78 is 0. The van der Waals surface area contributed by atoms with Gasteiger partial charge in [-0.3, -0.25) is 4.79 Å². The third-order valence-corrected chi connectivity index (χ3v) is 2.58. The fraction of sp³-hybridized carbons (Fsp3) is 0.462. The Hall–Kier alpha value is -1.55. The molecule has 0 aliphatic heterocycles. The summed E-state index contributed by atoms with van der Waals surface area (Å²) in [7, 11) is 1.79. The normalized spacial score (nSPS) is 10.1. The van der Waals surface area contributed by atoms with Gasteiger partial charge in [-0.25, -0.2) is 0 Å². The van der Waals surface area contributed by atoms with Crippen LogP contribution in [0.4, 0.5) is 5.69 Å². The maximum absolute atomic E-state index is 12.3. The number of anilines is 1. The van der Waals surface area contributed by atoms with E-state index in [-0.39, 0.29) is 12.5 Å². The molecule has 0 heterocycles. The number of para-hydroxylation sites is 1. The quantitative estimate of drug-likeness (QED) is 0.788. The zero-order valence-electron chi connectivity index (χ0n) is 10.4. The molecular formula is C13H20N2O2. The molecule has 2 N–H and O–H groups in total. The molecule has 0 bridgehead atoms. The number of nitrogens with one attached hydrogen (secondary N) is 1. The van der Waals surface area contributed by atoms with Crippen LogP contribution < -0.4 is 5.32 Å². The first-order chi connectivity index (χ1) is 8.24. The van der Waals surface area contributed by atoms with Gasteiger partial charge in [-0.05, 0) is 18.6 Å². The van der Waals surface area contributed by atoms with Gasteiger partial charge in [-0.1, -0.05) is 19.1 Å². The Morgan fingerprint density at radius 1 is 1.35 bits per heavy atom. The lowest BCUT2D eigenvalue weighted by molar-refractivity contribution is 0.0723. The minimum Gasteiger partial charge on any atom is -0.395 e. The smallest absolute Gasteiger partial charge is 0.256 e. The summed E-state index contributed by atoms with van der Waals surface area (Å²) >= 11 is 0. The van der Waals surface area contributed by atoms with Crippen molar-refractivity contribution in [1.82, 2.24) is 4.90 Å². The lowest BCUT2D eigenvalue weighted by atomic mass is 10.1. The maximum atomic E-state index is 12.3. The summed E-state index contributed by atoms with van der Waals surface area (Å²) in [6, 6.07) is 7.40. The van der Waals surface area contributed by atoms with Crippen molar-refractivity contribution in [2.75, 3.05) is 32.1 Å². The standard InChI is InChI=1S/C13H20N2O2/c1-3-8-15(9-10-16)13(17)11-6-4-5-7-12(11)14-2/h4-7,14,16H,3,8-10H2,1-2H3.